The zero-order valence-corrected chi connectivity index (χ0v) is 10.2. The first kappa shape index (κ1) is 12.5. The average Bonchev–Trinajstić information content (AvgIpc) is 2.62. The number of rotatable bonds is 1. The topological polar surface area (TPSA) is 42.9 Å². The highest BCUT2D eigenvalue weighted by Crippen LogP contribution is 2.35. The summed E-state index contributed by atoms with van der Waals surface area (Å²) in [6.07, 6.45) is -3.27. The first-order valence-corrected chi connectivity index (χ1v) is 5.79. The molecule has 92 valence electrons. The van der Waals surface area contributed by atoms with Gasteiger partial charge in [-0.25, -0.2) is 9.97 Å². The van der Waals surface area contributed by atoms with Crippen molar-refractivity contribution in [3.05, 3.63) is 22.2 Å². The Bertz CT molecular complexity index is 461. The summed E-state index contributed by atoms with van der Waals surface area (Å²) in [5, 5.41) is 0. The first-order valence-electron chi connectivity index (χ1n) is 4.99. The monoisotopic (exact) mass is 308 g/mol. The number of carbonyl (C=O) groups is 1. The number of carbonyl (C=O) groups excluding carboxylic acids is 1. The van der Waals surface area contributed by atoms with Gasteiger partial charge in [0.05, 0.1) is 0 Å². The van der Waals surface area contributed by atoms with Crippen molar-refractivity contribution in [1.82, 2.24) is 9.97 Å². The van der Waals surface area contributed by atoms with Crippen molar-refractivity contribution in [3.63, 3.8) is 0 Å². The summed E-state index contributed by atoms with van der Waals surface area (Å²) in [5.41, 5.74) is -0.696. The molecule has 0 spiro atoms. The van der Waals surface area contributed by atoms with Crippen LogP contribution in [0.2, 0.25) is 0 Å². The fourth-order valence-corrected chi connectivity index (χ4v) is 2.25. The molecule has 7 heteroatoms. The highest BCUT2D eigenvalue weighted by molar-refractivity contribution is 9.10. The van der Waals surface area contributed by atoms with E-state index in [4.69, 9.17) is 0 Å². The largest absolute Gasteiger partial charge is 0.433 e. The van der Waals surface area contributed by atoms with Gasteiger partial charge < -0.3 is 0 Å². The van der Waals surface area contributed by atoms with E-state index in [1.54, 1.807) is 0 Å². The molecule has 0 aromatic carbocycles. The molecule has 1 aromatic rings. The lowest BCUT2D eigenvalue weighted by Crippen LogP contribution is -2.11. The van der Waals surface area contributed by atoms with Crippen LogP contribution in [0, 0.1) is 0 Å². The third-order valence-corrected chi connectivity index (χ3v) is 3.03. The second kappa shape index (κ2) is 4.36. The molecule has 1 aliphatic carbocycles. The van der Waals surface area contributed by atoms with Gasteiger partial charge in [-0.3, -0.25) is 4.79 Å². The summed E-state index contributed by atoms with van der Waals surface area (Å²) in [7, 11) is 0. The quantitative estimate of drug-likeness (QED) is 0.749. The SMILES string of the molecule is O=C1CC[C@@H](c2cc(C(F)(F)F)nc(Br)n2)C1. The third-order valence-electron chi connectivity index (χ3n) is 2.67. The number of alkyl halides is 3. The van der Waals surface area contributed by atoms with Crippen molar-refractivity contribution in [2.24, 2.45) is 0 Å². The Morgan fingerprint density at radius 1 is 1.35 bits per heavy atom. The van der Waals surface area contributed by atoms with E-state index in [1.165, 1.54) is 0 Å². The maximum atomic E-state index is 12.5. The smallest absolute Gasteiger partial charge is 0.300 e. The Morgan fingerprint density at radius 3 is 2.59 bits per heavy atom. The van der Waals surface area contributed by atoms with E-state index in [9.17, 15) is 18.0 Å². The zero-order chi connectivity index (χ0) is 12.6. The van der Waals surface area contributed by atoms with E-state index in [2.05, 4.69) is 25.9 Å². The molecule has 1 heterocycles. The summed E-state index contributed by atoms with van der Waals surface area (Å²) < 4.78 is 37.5. The number of Topliss-reactive ketones (excluding diaryl/α,β-unsaturated/α-hetero) is 1. The van der Waals surface area contributed by atoms with Gasteiger partial charge in [-0.15, -0.1) is 0 Å². The Labute approximate surface area is 104 Å². The van der Waals surface area contributed by atoms with Gasteiger partial charge >= 0.3 is 6.18 Å². The number of hydrogen-bond acceptors (Lipinski definition) is 3. The Morgan fingerprint density at radius 2 is 2.06 bits per heavy atom. The maximum absolute atomic E-state index is 12.5. The van der Waals surface area contributed by atoms with Crippen molar-refractivity contribution in [1.29, 1.82) is 0 Å². The second-order valence-electron chi connectivity index (χ2n) is 3.92. The minimum atomic E-state index is -4.50. The molecule has 0 aliphatic heterocycles. The van der Waals surface area contributed by atoms with Crippen molar-refractivity contribution in [2.75, 3.05) is 0 Å². The van der Waals surface area contributed by atoms with Gasteiger partial charge in [-0.2, -0.15) is 13.2 Å². The summed E-state index contributed by atoms with van der Waals surface area (Å²) in [4.78, 5) is 18.3. The molecule has 17 heavy (non-hydrogen) atoms. The third kappa shape index (κ3) is 2.83. The molecular weight excluding hydrogens is 301 g/mol. The van der Waals surface area contributed by atoms with E-state index in [0.717, 1.165) is 6.07 Å². The van der Waals surface area contributed by atoms with E-state index < -0.39 is 11.9 Å². The molecular formula is C10H8BrF3N2O. The van der Waals surface area contributed by atoms with E-state index in [0.29, 0.717) is 12.8 Å². The summed E-state index contributed by atoms with van der Waals surface area (Å²) in [6.45, 7) is 0. The lowest BCUT2D eigenvalue weighted by atomic mass is 10.0. The fraction of sp³-hybridized carbons (Fsp3) is 0.500. The van der Waals surface area contributed by atoms with Crippen LogP contribution < -0.4 is 0 Å². The average molecular weight is 309 g/mol. The molecule has 0 N–H and O–H groups in total. The van der Waals surface area contributed by atoms with Gasteiger partial charge in [0.1, 0.15) is 11.5 Å². The Kier molecular flexibility index (Phi) is 3.20. The van der Waals surface area contributed by atoms with Crippen LogP contribution in [0.1, 0.15) is 36.6 Å². The minimum Gasteiger partial charge on any atom is -0.300 e. The van der Waals surface area contributed by atoms with Crippen LogP contribution in [-0.2, 0) is 11.0 Å². The van der Waals surface area contributed by atoms with Crippen molar-refractivity contribution >= 4 is 21.7 Å². The normalized spacial score (nSPS) is 20.9. The van der Waals surface area contributed by atoms with Crippen LogP contribution in [0.25, 0.3) is 0 Å². The lowest BCUT2D eigenvalue weighted by molar-refractivity contribution is -0.141. The van der Waals surface area contributed by atoms with Gasteiger partial charge in [0, 0.05) is 24.5 Å². The lowest BCUT2D eigenvalue weighted by Gasteiger charge is -2.11. The molecule has 1 atom stereocenters. The molecule has 0 bridgehead atoms. The van der Waals surface area contributed by atoms with Crippen LogP contribution in [0.5, 0.6) is 0 Å². The Balaban J connectivity index is 2.35. The molecule has 0 unspecified atom stereocenters. The highest BCUT2D eigenvalue weighted by Gasteiger charge is 2.35. The summed E-state index contributed by atoms with van der Waals surface area (Å²) >= 11 is 2.86. The molecule has 1 fully saturated rings. The standard InChI is InChI=1S/C10H8BrF3N2O/c11-9-15-7(5-1-2-6(17)3-5)4-8(16-9)10(12,13)14/h4-5H,1-3H2/t5-/m1/s1. The molecule has 0 amide bonds. The van der Waals surface area contributed by atoms with Gasteiger partial charge in [0.25, 0.3) is 0 Å². The van der Waals surface area contributed by atoms with Crippen molar-refractivity contribution < 1.29 is 18.0 Å². The van der Waals surface area contributed by atoms with Gasteiger partial charge in [0.2, 0.25) is 0 Å². The first-order chi connectivity index (χ1) is 7.86. The molecule has 0 saturated heterocycles. The number of aromatic nitrogens is 2. The van der Waals surface area contributed by atoms with Gasteiger partial charge in [-0.05, 0) is 28.4 Å². The van der Waals surface area contributed by atoms with Crippen LogP contribution in [0.15, 0.2) is 10.8 Å². The predicted molar refractivity (Wildman–Crippen MR) is 56.3 cm³/mol. The van der Waals surface area contributed by atoms with E-state index in [1.807, 2.05) is 0 Å². The van der Waals surface area contributed by atoms with Crippen LogP contribution in [-0.4, -0.2) is 15.8 Å². The number of hydrogen-bond donors (Lipinski definition) is 0. The molecule has 1 aromatic heterocycles. The maximum Gasteiger partial charge on any atom is 0.433 e. The van der Waals surface area contributed by atoms with Gasteiger partial charge in [-0.1, -0.05) is 0 Å². The van der Waals surface area contributed by atoms with Gasteiger partial charge in [0.15, 0.2) is 4.73 Å². The highest BCUT2D eigenvalue weighted by atomic mass is 79.9. The zero-order valence-electron chi connectivity index (χ0n) is 8.59. The molecule has 3 nitrogen and oxygen atoms in total. The predicted octanol–water partition coefficient (Wildman–Crippen LogP) is 3.09. The number of nitrogens with zero attached hydrogens (tertiary/aromatic N) is 2. The van der Waals surface area contributed by atoms with Crippen LogP contribution in [0.4, 0.5) is 13.2 Å². The van der Waals surface area contributed by atoms with E-state index in [-0.39, 0.29) is 28.5 Å². The minimum absolute atomic E-state index is 0.0679. The van der Waals surface area contributed by atoms with Crippen molar-refractivity contribution in [3.8, 4) is 0 Å². The second-order valence-corrected chi connectivity index (χ2v) is 4.63. The fourth-order valence-electron chi connectivity index (χ4n) is 1.86. The molecule has 1 aliphatic rings. The van der Waals surface area contributed by atoms with Crippen LogP contribution in [0.3, 0.4) is 0 Å². The van der Waals surface area contributed by atoms with Crippen molar-refractivity contribution in [2.45, 2.75) is 31.4 Å². The molecule has 0 radical (unpaired) electrons. The molecule has 2 rings (SSSR count). The molecule has 1 saturated carbocycles. The Hall–Kier alpha value is -0.980. The summed E-state index contributed by atoms with van der Waals surface area (Å²) in [6, 6.07) is 0.925. The number of ketones is 1. The van der Waals surface area contributed by atoms with E-state index >= 15 is 0 Å². The van der Waals surface area contributed by atoms with Crippen LogP contribution >= 0.6 is 15.9 Å². The summed E-state index contributed by atoms with van der Waals surface area (Å²) in [5.74, 6) is -0.152. The number of halogens is 4.